The third kappa shape index (κ3) is 4.14. The van der Waals surface area contributed by atoms with Crippen molar-refractivity contribution in [2.45, 2.75) is 57.4 Å². The van der Waals surface area contributed by atoms with Crippen molar-refractivity contribution in [2.24, 2.45) is 10.5 Å². The van der Waals surface area contributed by atoms with Gasteiger partial charge in [0.2, 0.25) is 5.91 Å². The molecule has 178 valence electrons. The van der Waals surface area contributed by atoms with Crippen LogP contribution in [0.25, 0.3) is 0 Å². The fourth-order valence-corrected chi connectivity index (χ4v) is 2.91. The first-order valence-electron chi connectivity index (χ1n) is 8.95. The maximum atomic E-state index is 14.2. The SMILES string of the molecule is CC(C)(C)[C@@]1(O)CC(C(F)(F)C(F)(F)C(F)(F)F)=NN1C(=O)Cc1ccc([N+](=O)[O-])cc1. The number of amides is 1. The minimum Gasteiger partial charge on any atom is -0.368 e. The van der Waals surface area contributed by atoms with Gasteiger partial charge in [0.1, 0.15) is 5.71 Å². The summed E-state index contributed by atoms with van der Waals surface area (Å²) in [4.78, 5) is 22.7. The Balaban J connectivity index is 2.46. The van der Waals surface area contributed by atoms with Crippen LogP contribution in [-0.4, -0.2) is 50.4 Å². The predicted molar refractivity (Wildman–Crippen MR) is 96.1 cm³/mol. The lowest BCUT2D eigenvalue weighted by molar-refractivity contribution is -0.384. The molecule has 0 saturated carbocycles. The van der Waals surface area contributed by atoms with Gasteiger partial charge in [0.15, 0.2) is 5.72 Å². The van der Waals surface area contributed by atoms with Crippen LogP contribution in [0.15, 0.2) is 29.4 Å². The summed E-state index contributed by atoms with van der Waals surface area (Å²) >= 11 is 0. The monoisotopic (exact) mass is 473 g/mol. The Labute approximate surface area is 176 Å². The van der Waals surface area contributed by atoms with Gasteiger partial charge in [0.05, 0.1) is 11.3 Å². The summed E-state index contributed by atoms with van der Waals surface area (Å²) in [5.74, 6) is -13.5. The number of hydrazone groups is 1. The van der Waals surface area contributed by atoms with Gasteiger partial charge in [-0.2, -0.15) is 35.8 Å². The summed E-state index contributed by atoms with van der Waals surface area (Å²) in [5, 5.41) is 24.7. The molecule has 2 rings (SSSR count). The minimum absolute atomic E-state index is 0.0735. The number of hydrogen-bond donors (Lipinski definition) is 1. The van der Waals surface area contributed by atoms with Gasteiger partial charge in [-0.25, -0.2) is 5.01 Å². The fraction of sp³-hybridized carbons (Fsp3) is 0.556. The lowest BCUT2D eigenvalue weighted by Gasteiger charge is -2.41. The number of hydrogen-bond acceptors (Lipinski definition) is 5. The van der Waals surface area contributed by atoms with Crippen molar-refractivity contribution in [1.82, 2.24) is 5.01 Å². The molecule has 1 atom stereocenters. The first-order valence-corrected chi connectivity index (χ1v) is 8.95. The quantitative estimate of drug-likeness (QED) is 0.392. The zero-order chi connectivity index (χ0) is 24.9. The molecule has 1 aliphatic rings. The number of nitro benzene ring substituents is 1. The van der Waals surface area contributed by atoms with E-state index in [9.17, 15) is 50.7 Å². The number of nitro groups is 1. The third-order valence-electron chi connectivity index (χ3n) is 5.04. The number of non-ortho nitro benzene ring substituents is 1. The summed E-state index contributed by atoms with van der Waals surface area (Å²) in [7, 11) is 0. The Morgan fingerprint density at radius 1 is 1.12 bits per heavy atom. The van der Waals surface area contributed by atoms with E-state index in [1.54, 1.807) is 0 Å². The molecule has 32 heavy (non-hydrogen) atoms. The van der Waals surface area contributed by atoms with Crippen LogP contribution in [0.1, 0.15) is 32.8 Å². The van der Waals surface area contributed by atoms with E-state index in [-0.39, 0.29) is 16.3 Å². The third-order valence-corrected chi connectivity index (χ3v) is 5.04. The van der Waals surface area contributed by atoms with Crippen molar-refractivity contribution in [2.75, 3.05) is 0 Å². The van der Waals surface area contributed by atoms with Crippen LogP contribution in [0.2, 0.25) is 0 Å². The number of rotatable bonds is 5. The van der Waals surface area contributed by atoms with Crippen molar-refractivity contribution in [3.63, 3.8) is 0 Å². The van der Waals surface area contributed by atoms with Gasteiger partial charge in [-0.05, 0) is 5.56 Å². The van der Waals surface area contributed by atoms with Gasteiger partial charge >= 0.3 is 18.0 Å². The molecular weight excluding hydrogens is 455 g/mol. The minimum atomic E-state index is -6.62. The van der Waals surface area contributed by atoms with Gasteiger partial charge in [-0.1, -0.05) is 32.9 Å². The first kappa shape index (κ1) is 25.5. The molecule has 7 nitrogen and oxygen atoms in total. The summed E-state index contributed by atoms with van der Waals surface area (Å²) in [6.45, 7) is 3.74. The highest BCUT2D eigenvalue weighted by Crippen LogP contribution is 2.51. The lowest BCUT2D eigenvalue weighted by Crippen LogP contribution is -2.58. The molecule has 1 aromatic carbocycles. The van der Waals surface area contributed by atoms with Crippen LogP contribution in [0, 0.1) is 15.5 Å². The topological polar surface area (TPSA) is 96.0 Å². The number of benzene rings is 1. The van der Waals surface area contributed by atoms with Crippen LogP contribution in [0.4, 0.5) is 36.4 Å². The Morgan fingerprint density at radius 3 is 2.03 bits per heavy atom. The average molecular weight is 473 g/mol. The highest BCUT2D eigenvalue weighted by molar-refractivity contribution is 5.96. The van der Waals surface area contributed by atoms with Crippen LogP contribution in [0.3, 0.4) is 0 Å². The number of carbonyl (C=O) groups excluding carboxylic acids is 1. The Bertz CT molecular complexity index is 939. The molecule has 1 aromatic rings. The van der Waals surface area contributed by atoms with E-state index in [4.69, 9.17) is 0 Å². The summed E-state index contributed by atoms with van der Waals surface area (Å²) in [5.41, 5.74) is -6.34. The molecule has 1 N–H and O–H groups in total. The molecule has 0 radical (unpaired) electrons. The Morgan fingerprint density at radius 2 is 1.62 bits per heavy atom. The van der Waals surface area contributed by atoms with Crippen LogP contribution >= 0.6 is 0 Å². The van der Waals surface area contributed by atoms with Crippen molar-refractivity contribution >= 4 is 17.3 Å². The number of nitrogens with zero attached hydrogens (tertiary/aromatic N) is 3. The fourth-order valence-electron chi connectivity index (χ4n) is 2.91. The Kier molecular flexibility index (Phi) is 6.11. The standard InChI is InChI=1S/C18H18F7N3O4/c1-14(2,3)15(30)9-12(16(19,20)17(21,22)18(23,24)25)26-27(15)13(29)8-10-4-6-11(7-5-10)28(31)32/h4-7,30H,8-9H2,1-3H3/t15-/m0/s1. The molecule has 0 aliphatic carbocycles. The van der Waals surface area contributed by atoms with E-state index < -0.39 is 58.5 Å². The van der Waals surface area contributed by atoms with Crippen molar-refractivity contribution < 1.29 is 45.6 Å². The maximum absolute atomic E-state index is 14.2. The molecule has 0 fully saturated rings. The number of aliphatic hydroxyl groups is 1. The van der Waals surface area contributed by atoms with Gasteiger partial charge in [-0.15, -0.1) is 0 Å². The van der Waals surface area contributed by atoms with E-state index in [2.05, 4.69) is 5.10 Å². The second-order valence-electron chi connectivity index (χ2n) is 8.24. The molecule has 0 aromatic heterocycles. The molecule has 1 aliphatic heterocycles. The summed E-state index contributed by atoms with van der Waals surface area (Å²) in [6, 6.07) is 4.38. The molecule has 0 unspecified atom stereocenters. The molecule has 0 spiro atoms. The first-order chi connectivity index (χ1) is 14.3. The lowest BCUT2D eigenvalue weighted by atomic mass is 9.79. The zero-order valence-electron chi connectivity index (χ0n) is 16.9. The van der Waals surface area contributed by atoms with Gasteiger partial charge in [0, 0.05) is 24.0 Å². The maximum Gasteiger partial charge on any atom is 0.460 e. The van der Waals surface area contributed by atoms with E-state index in [1.807, 2.05) is 0 Å². The van der Waals surface area contributed by atoms with E-state index >= 15 is 0 Å². The molecule has 0 bridgehead atoms. The highest BCUT2D eigenvalue weighted by Gasteiger charge is 2.76. The van der Waals surface area contributed by atoms with E-state index in [0.29, 0.717) is 0 Å². The summed E-state index contributed by atoms with van der Waals surface area (Å²) in [6.07, 6.45) is -8.73. The molecule has 0 saturated heterocycles. The van der Waals surface area contributed by atoms with Gasteiger partial charge in [-0.3, -0.25) is 14.9 Å². The predicted octanol–water partition coefficient (Wildman–Crippen LogP) is 4.29. The smallest absolute Gasteiger partial charge is 0.368 e. The van der Waals surface area contributed by atoms with Gasteiger partial charge < -0.3 is 5.11 Å². The molecule has 14 heteroatoms. The summed E-state index contributed by atoms with van der Waals surface area (Å²) < 4.78 is 93.1. The molecule has 1 amide bonds. The van der Waals surface area contributed by atoms with Crippen LogP contribution in [-0.2, 0) is 11.2 Å². The largest absolute Gasteiger partial charge is 0.460 e. The number of alkyl halides is 7. The van der Waals surface area contributed by atoms with Crippen LogP contribution < -0.4 is 0 Å². The zero-order valence-corrected chi connectivity index (χ0v) is 16.9. The average Bonchev–Trinajstić information content (AvgIpc) is 3.01. The van der Waals surface area contributed by atoms with Crippen molar-refractivity contribution in [3.05, 3.63) is 39.9 Å². The highest BCUT2D eigenvalue weighted by atomic mass is 19.4. The molecule has 1 heterocycles. The van der Waals surface area contributed by atoms with Crippen LogP contribution in [0.5, 0.6) is 0 Å². The van der Waals surface area contributed by atoms with E-state index in [0.717, 1.165) is 24.3 Å². The van der Waals surface area contributed by atoms with Crippen molar-refractivity contribution in [1.29, 1.82) is 0 Å². The van der Waals surface area contributed by atoms with E-state index in [1.165, 1.54) is 20.8 Å². The molecular formula is C18H18F7N3O4. The number of carbonyl (C=O) groups is 1. The number of halogens is 7. The second-order valence-corrected chi connectivity index (χ2v) is 8.24. The van der Waals surface area contributed by atoms with Gasteiger partial charge in [0.25, 0.3) is 5.69 Å². The normalized spacial score (nSPS) is 20.3. The second kappa shape index (κ2) is 7.67. The van der Waals surface area contributed by atoms with Crippen molar-refractivity contribution in [3.8, 4) is 0 Å². The Hall–Kier alpha value is -2.77.